The van der Waals surface area contributed by atoms with E-state index < -0.39 is 12.0 Å². The molecule has 180 valence electrons. The van der Waals surface area contributed by atoms with Crippen LogP contribution >= 0.6 is 23.2 Å². The van der Waals surface area contributed by atoms with Crippen molar-refractivity contribution >= 4 is 45.8 Å². The lowest BCUT2D eigenvalue weighted by molar-refractivity contribution is -0.137. The number of aliphatic carboxylic acids is 1. The van der Waals surface area contributed by atoms with E-state index >= 15 is 0 Å². The van der Waals surface area contributed by atoms with Gasteiger partial charge in [0.25, 0.3) is 0 Å². The van der Waals surface area contributed by atoms with Crippen molar-refractivity contribution in [1.82, 2.24) is 9.55 Å². The van der Waals surface area contributed by atoms with E-state index in [0.29, 0.717) is 16.7 Å². The first-order valence-corrected chi connectivity index (χ1v) is 12.4. The molecule has 1 aliphatic rings. The van der Waals surface area contributed by atoms with Gasteiger partial charge in [-0.05, 0) is 73.0 Å². The van der Waals surface area contributed by atoms with Gasteiger partial charge in [-0.3, -0.25) is 9.78 Å². The molecule has 0 spiro atoms. The van der Waals surface area contributed by atoms with Gasteiger partial charge in [0.2, 0.25) is 0 Å². The predicted molar refractivity (Wildman–Crippen MR) is 139 cm³/mol. The SMILES string of the molecule is O=C(O)CC(c1cc(Cl)cc(Cl)c1)n1ccc2cc(OCCc3ccc4c(n3)CCCN4)ccc21. The van der Waals surface area contributed by atoms with E-state index in [1.165, 1.54) is 0 Å². The van der Waals surface area contributed by atoms with E-state index in [4.69, 9.17) is 32.9 Å². The number of ether oxygens (including phenoxy) is 1. The lowest BCUT2D eigenvalue weighted by atomic mass is 10.0. The Kier molecular flexibility index (Phi) is 6.84. The fourth-order valence-corrected chi connectivity index (χ4v) is 5.15. The Morgan fingerprint density at radius 3 is 2.74 bits per heavy atom. The number of nitrogens with one attached hydrogen (secondary N) is 1. The molecular formula is C27H25Cl2N3O3. The number of fused-ring (bicyclic) bond motifs is 2. The maximum absolute atomic E-state index is 11.6. The number of rotatable bonds is 8. The zero-order chi connectivity index (χ0) is 24.4. The number of benzene rings is 2. The number of anilines is 1. The number of carboxylic acid groups (broad SMARTS) is 1. The summed E-state index contributed by atoms with van der Waals surface area (Å²) in [6, 6.07) is 16.7. The van der Waals surface area contributed by atoms with Crippen molar-refractivity contribution in [2.24, 2.45) is 0 Å². The maximum atomic E-state index is 11.6. The average Bonchev–Trinajstić information content (AvgIpc) is 3.25. The third-order valence-corrected chi connectivity index (χ3v) is 6.67. The Labute approximate surface area is 213 Å². The minimum absolute atomic E-state index is 0.0952. The summed E-state index contributed by atoms with van der Waals surface area (Å²) in [7, 11) is 0. The number of hydrogen-bond donors (Lipinski definition) is 2. The predicted octanol–water partition coefficient (Wildman–Crippen LogP) is 6.39. The van der Waals surface area contributed by atoms with Gasteiger partial charge in [-0.25, -0.2) is 0 Å². The molecule has 1 unspecified atom stereocenters. The van der Waals surface area contributed by atoms with E-state index in [-0.39, 0.29) is 6.42 Å². The first-order valence-electron chi connectivity index (χ1n) is 11.6. The quantitative estimate of drug-likeness (QED) is 0.288. The maximum Gasteiger partial charge on any atom is 0.305 e. The number of carbonyl (C=O) groups is 1. The number of nitrogens with zero attached hydrogens (tertiary/aromatic N) is 2. The Morgan fingerprint density at radius 1 is 1.11 bits per heavy atom. The second-order valence-electron chi connectivity index (χ2n) is 8.69. The van der Waals surface area contributed by atoms with Crippen LogP contribution in [-0.4, -0.2) is 33.8 Å². The lowest BCUT2D eigenvalue weighted by Gasteiger charge is -2.20. The molecule has 4 aromatic rings. The topological polar surface area (TPSA) is 76.4 Å². The molecule has 0 aliphatic carbocycles. The first-order chi connectivity index (χ1) is 17.0. The van der Waals surface area contributed by atoms with Crippen LogP contribution in [0.2, 0.25) is 10.0 Å². The molecule has 2 aromatic carbocycles. The number of halogens is 2. The summed E-state index contributed by atoms with van der Waals surface area (Å²) in [6.07, 6.45) is 4.64. The van der Waals surface area contributed by atoms with Crippen molar-refractivity contribution in [3.63, 3.8) is 0 Å². The van der Waals surface area contributed by atoms with Crippen LogP contribution in [0.4, 0.5) is 5.69 Å². The molecule has 8 heteroatoms. The van der Waals surface area contributed by atoms with E-state index in [2.05, 4.69) is 17.4 Å². The Hall–Kier alpha value is -3.22. The second-order valence-corrected chi connectivity index (χ2v) is 9.56. The highest BCUT2D eigenvalue weighted by Gasteiger charge is 2.20. The minimum Gasteiger partial charge on any atom is -0.493 e. The van der Waals surface area contributed by atoms with Crippen LogP contribution in [0.5, 0.6) is 5.75 Å². The highest BCUT2D eigenvalue weighted by atomic mass is 35.5. The zero-order valence-corrected chi connectivity index (χ0v) is 20.5. The van der Waals surface area contributed by atoms with Crippen LogP contribution in [-0.2, 0) is 17.6 Å². The van der Waals surface area contributed by atoms with Gasteiger partial charge in [0.05, 0.1) is 30.5 Å². The summed E-state index contributed by atoms with van der Waals surface area (Å²) in [4.78, 5) is 16.4. The molecule has 3 heterocycles. The van der Waals surface area contributed by atoms with E-state index in [1.54, 1.807) is 18.2 Å². The Bertz CT molecular complexity index is 1370. The summed E-state index contributed by atoms with van der Waals surface area (Å²) < 4.78 is 7.96. The zero-order valence-electron chi connectivity index (χ0n) is 19.0. The van der Waals surface area contributed by atoms with Crippen molar-refractivity contribution in [2.45, 2.75) is 31.7 Å². The van der Waals surface area contributed by atoms with Gasteiger partial charge in [0.1, 0.15) is 5.75 Å². The van der Waals surface area contributed by atoms with Gasteiger partial charge < -0.3 is 19.7 Å². The normalized spacial score (nSPS) is 13.8. The van der Waals surface area contributed by atoms with Gasteiger partial charge in [-0.1, -0.05) is 23.2 Å². The number of pyridine rings is 1. The molecule has 1 atom stereocenters. The Morgan fingerprint density at radius 2 is 1.94 bits per heavy atom. The van der Waals surface area contributed by atoms with E-state index in [1.807, 2.05) is 35.0 Å². The van der Waals surface area contributed by atoms with Gasteiger partial charge in [0.15, 0.2) is 0 Å². The molecule has 0 radical (unpaired) electrons. The van der Waals surface area contributed by atoms with E-state index in [9.17, 15) is 9.90 Å². The second kappa shape index (κ2) is 10.2. The molecule has 35 heavy (non-hydrogen) atoms. The van der Waals surface area contributed by atoms with Crippen LogP contribution < -0.4 is 10.1 Å². The van der Waals surface area contributed by atoms with Crippen LogP contribution in [0.3, 0.4) is 0 Å². The molecule has 1 aliphatic heterocycles. The van der Waals surface area contributed by atoms with Crippen LogP contribution in [0.25, 0.3) is 10.9 Å². The fraction of sp³-hybridized carbons (Fsp3) is 0.259. The molecule has 5 rings (SSSR count). The van der Waals surface area contributed by atoms with Crippen LogP contribution in [0.1, 0.15) is 35.8 Å². The average molecular weight is 510 g/mol. The van der Waals surface area contributed by atoms with Crippen LogP contribution in [0, 0.1) is 0 Å². The van der Waals surface area contributed by atoms with Gasteiger partial charge in [0, 0.05) is 45.8 Å². The number of carboxylic acids is 1. The fourth-order valence-electron chi connectivity index (χ4n) is 4.60. The van der Waals surface area contributed by atoms with Gasteiger partial charge in [-0.2, -0.15) is 0 Å². The summed E-state index contributed by atoms with van der Waals surface area (Å²) in [5, 5.41) is 14.8. The van der Waals surface area contributed by atoms with Gasteiger partial charge in [-0.15, -0.1) is 0 Å². The van der Waals surface area contributed by atoms with Crippen molar-refractivity contribution in [3.05, 3.63) is 87.8 Å². The highest BCUT2D eigenvalue weighted by Crippen LogP contribution is 2.32. The van der Waals surface area contributed by atoms with Crippen LogP contribution in [0.15, 0.2) is 60.8 Å². The van der Waals surface area contributed by atoms with Crippen molar-refractivity contribution < 1.29 is 14.6 Å². The highest BCUT2D eigenvalue weighted by molar-refractivity contribution is 6.34. The third kappa shape index (κ3) is 5.39. The summed E-state index contributed by atoms with van der Waals surface area (Å²) in [6.45, 7) is 1.53. The van der Waals surface area contributed by atoms with Crippen molar-refractivity contribution in [3.8, 4) is 5.75 Å². The van der Waals surface area contributed by atoms with E-state index in [0.717, 1.165) is 65.1 Å². The van der Waals surface area contributed by atoms with Crippen molar-refractivity contribution in [1.29, 1.82) is 0 Å². The monoisotopic (exact) mass is 509 g/mol. The standard InChI is InChI=1S/C27H25Cl2N3O3/c28-19-12-18(13-20(29)15-19)26(16-27(33)34)32-10-7-17-14-22(4-6-25(17)32)35-11-8-21-3-5-23-24(31-21)2-1-9-30-23/h3-7,10,12-15,26,30H,1-2,8-9,11,16H2,(H,33,34). The summed E-state index contributed by atoms with van der Waals surface area (Å²) in [5.74, 6) is -0.144. The van der Waals surface area contributed by atoms with Gasteiger partial charge >= 0.3 is 5.97 Å². The number of aryl methyl sites for hydroxylation is 1. The lowest BCUT2D eigenvalue weighted by Crippen LogP contribution is -2.14. The summed E-state index contributed by atoms with van der Waals surface area (Å²) in [5.41, 5.74) is 4.95. The minimum atomic E-state index is -0.903. The third-order valence-electron chi connectivity index (χ3n) is 6.23. The smallest absolute Gasteiger partial charge is 0.305 e. The Balaban J connectivity index is 1.33. The summed E-state index contributed by atoms with van der Waals surface area (Å²) >= 11 is 12.4. The molecule has 2 N–H and O–H groups in total. The molecular weight excluding hydrogens is 485 g/mol. The molecule has 0 saturated heterocycles. The molecule has 2 aromatic heterocycles. The molecule has 6 nitrogen and oxygen atoms in total. The largest absolute Gasteiger partial charge is 0.493 e. The number of hydrogen-bond acceptors (Lipinski definition) is 4. The molecule has 0 bridgehead atoms. The first kappa shape index (κ1) is 23.5. The molecule has 0 saturated carbocycles. The van der Waals surface area contributed by atoms with Crippen molar-refractivity contribution in [2.75, 3.05) is 18.5 Å². The molecule has 0 fully saturated rings. The number of aromatic nitrogens is 2. The molecule has 0 amide bonds.